The SMILES string of the molecule is COC(=O)C1(C(=O)OC)c2ncccc2N(S(=O)(=O)c2ccc(C)cc2)C1CC(C)=O. The lowest BCUT2D eigenvalue weighted by atomic mass is 9.77. The number of hydrogen-bond donors (Lipinski definition) is 0. The first kappa shape index (κ1) is 22.4. The van der Waals surface area contributed by atoms with Crippen molar-refractivity contribution in [1.82, 2.24) is 4.98 Å². The molecule has 2 aromatic rings. The summed E-state index contributed by atoms with van der Waals surface area (Å²) in [6, 6.07) is 7.54. The zero-order chi connectivity index (χ0) is 23.0. The number of aryl methyl sites for hydroxylation is 1. The third kappa shape index (κ3) is 3.36. The van der Waals surface area contributed by atoms with Crippen molar-refractivity contribution in [3.05, 3.63) is 53.9 Å². The van der Waals surface area contributed by atoms with Gasteiger partial charge in [-0.2, -0.15) is 0 Å². The van der Waals surface area contributed by atoms with Crippen molar-refractivity contribution < 1.29 is 32.3 Å². The standard InChI is InChI=1S/C21H22N2O7S/c1-13-7-9-15(10-8-13)31(27,28)23-16-6-5-11-22-18(16)21(19(25)29-3,20(26)30-4)17(23)12-14(2)24/h5-11,17H,12H2,1-4H3. The van der Waals surface area contributed by atoms with Gasteiger partial charge in [0.2, 0.25) is 5.41 Å². The number of methoxy groups -OCH3 is 2. The molecular formula is C21H22N2O7S. The van der Waals surface area contributed by atoms with E-state index in [-0.39, 0.29) is 16.3 Å². The van der Waals surface area contributed by atoms with Crippen LogP contribution in [0.15, 0.2) is 47.5 Å². The topological polar surface area (TPSA) is 120 Å². The first-order valence-electron chi connectivity index (χ1n) is 9.35. The number of hydrogen-bond acceptors (Lipinski definition) is 8. The summed E-state index contributed by atoms with van der Waals surface area (Å²) < 4.78 is 38.1. The summed E-state index contributed by atoms with van der Waals surface area (Å²) >= 11 is 0. The fraction of sp³-hybridized carbons (Fsp3) is 0.333. The first-order valence-corrected chi connectivity index (χ1v) is 10.8. The number of carbonyl (C=O) groups is 3. The minimum absolute atomic E-state index is 0.00475. The van der Waals surface area contributed by atoms with Gasteiger partial charge in [0.1, 0.15) is 5.78 Å². The van der Waals surface area contributed by atoms with E-state index in [2.05, 4.69) is 4.98 Å². The number of fused-ring (bicyclic) bond motifs is 1. The summed E-state index contributed by atoms with van der Waals surface area (Å²) in [6.45, 7) is 3.05. The summed E-state index contributed by atoms with van der Waals surface area (Å²) in [5, 5.41) is 0. The highest BCUT2D eigenvalue weighted by molar-refractivity contribution is 7.93. The van der Waals surface area contributed by atoms with Gasteiger partial charge in [0.05, 0.1) is 36.5 Å². The maximum absolute atomic E-state index is 13.7. The minimum atomic E-state index is -4.29. The number of anilines is 1. The van der Waals surface area contributed by atoms with Crippen LogP contribution in [-0.2, 0) is 39.3 Å². The normalized spacial score (nSPS) is 17.0. The van der Waals surface area contributed by atoms with E-state index in [1.807, 2.05) is 6.92 Å². The molecule has 1 aromatic heterocycles. The first-order chi connectivity index (χ1) is 14.6. The van der Waals surface area contributed by atoms with Crippen LogP contribution in [0.5, 0.6) is 0 Å². The number of carbonyl (C=O) groups excluding carboxylic acids is 3. The van der Waals surface area contributed by atoms with Gasteiger partial charge >= 0.3 is 11.9 Å². The molecule has 1 aliphatic heterocycles. The number of benzene rings is 1. The molecule has 0 spiro atoms. The number of rotatable bonds is 6. The number of Topliss-reactive ketones (excluding diaryl/α,β-unsaturated/α-hetero) is 1. The van der Waals surface area contributed by atoms with E-state index in [9.17, 15) is 22.8 Å². The quantitative estimate of drug-likeness (QED) is 0.484. The molecule has 0 saturated heterocycles. The van der Waals surface area contributed by atoms with Gasteiger partial charge in [-0.05, 0) is 38.1 Å². The molecule has 0 saturated carbocycles. The highest BCUT2D eigenvalue weighted by Crippen LogP contribution is 2.49. The molecule has 1 unspecified atom stereocenters. The van der Waals surface area contributed by atoms with Crippen LogP contribution in [-0.4, -0.2) is 51.4 Å². The summed E-state index contributed by atoms with van der Waals surface area (Å²) in [4.78, 5) is 42.4. The predicted octanol–water partition coefficient (Wildman–Crippen LogP) is 1.53. The van der Waals surface area contributed by atoms with Gasteiger partial charge in [-0.25, -0.2) is 8.42 Å². The Morgan fingerprint density at radius 3 is 2.16 bits per heavy atom. The molecule has 10 heteroatoms. The molecule has 1 atom stereocenters. The second-order valence-electron chi connectivity index (χ2n) is 7.20. The fourth-order valence-electron chi connectivity index (χ4n) is 3.88. The molecule has 164 valence electrons. The lowest BCUT2D eigenvalue weighted by Gasteiger charge is -2.33. The Morgan fingerprint density at radius 2 is 1.65 bits per heavy atom. The lowest BCUT2D eigenvalue weighted by Crippen LogP contribution is -2.57. The fourth-order valence-corrected chi connectivity index (χ4v) is 5.56. The Labute approximate surface area is 180 Å². The highest BCUT2D eigenvalue weighted by atomic mass is 32.2. The van der Waals surface area contributed by atoms with Gasteiger partial charge in [0, 0.05) is 12.6 Å². The van der Waals surface area contributed by atoms with Gasteiger partial charge in [0.15, 0.2) is 0 Å². The van der Waals surface area contributed by atoms with E-state index < -0.39 is 45.6 Å². The van der Waals surface area contributed by atoms with E-state index in [1.165, 1.54) is 37.4 Å². The third-order valence-electron chi connectivity index (χ3n) is 5.25. The summed E-state index contributed by atoms with van der Waals surface area (Å²) in [5.41, 5.74) is -1.55. The van der Waals surface area contributed by atoms with Crippen LogP contribution >= 0.6 is 0 Å². The Hall–Kier alpha value is -3.27. The maximum atomic E-state index is 13.7. The number of esters is 2. The minimum Gasteiger partial charge on any atom is -0.468 e. The lowest BCUT2D eigenvalue weighted by molar-refractivity contribution is -0.163. The van der Waals surface area contributed by atoms with Gasteiger partial charge in [-0.1, -0.05) is 17.7 Å². The van der Waals surface area contributed by atoms with E-state index in [4.69, 9.17) is 9.47 Å². The van der Waals surface area contributed by atoms with Crippen molar-refractivity contribution in [3.63, 3.8) is 0 Å². The van der Waals surface area contributed by atoms with Crippen molar-refractivity contribution in [2.45, 2.75) is 36.6 Å². The van der Waals surface area contributed by atoms with Crippen LogP contribution in [0.1, 0.15) is 24.6 Å². The van der Waals surface area contributed by atoms with Crippen molar-refractivity contribution in [3.8, 4) is 0 Å². The zero-order valence-electron chi connectivity index (χ0n) is 17.5. The van der Waals surface area contributed by atoms with Crippen molar-refractivity contribution in [2.24, 2.45) is 0 Å². The summed E-state index contributed by atoms with van der Waals surface area (Å²) in [7, 11) is -2.16. The number of nitrogens with zero attached hydrogens (tertiary/aromatic N) is 2. The molecule has 1 aromatic carbocycles. The molecular weight excluding hydrogens is 424 g/mol. The molecule has 1 aliphatic rings. The largest absolute Gasteiger partial charge is 0.468 e. The predicted molar refractivity (Wildman–Crippen MR) is 110 cm³/mol. The number of ketones is 1. The van der Waals surface area contributed by atoms with Crippen LogP contribution in [0, 0.1) is 6.92 Å². The maximum Gasteiger partial charge on any atom is 0.331 e. The molecule has 0 bridgehead atoms. The van der Waals surface area contributed by atoms with Gasteiger partial charge in [0.25, 0.3) is 10.0 Å². The third-order valence-corrected chi connectivity index (χ3v) is 7.09. The summed E-state index contributed by atoms with van der Waals surface area (Å²) in [6.07, 6.45) is 0.887. The van der Waals surface area contributed by atoms with Crippen molar-refractivity contribution in [1.29, 1.82) is 0 Å². The van der Waals surface area contributed by atoms with Gasteiger partial charge in [-0.15, -0.1) is 0 Å². The molecule has 3 rings (SSSR count). The second-order valence-corrected chi connectivity index (χ2v) is 9.01. The Morgan fingerprint density at radius 1 is 1.06 bits per heavy atom. The molecule has 0 N–H and O–H groups in total. The Kier molecular flexibility index (Phi) is 5.86. The Balaban J connectivity index is 2.38. The van der Waals surface area contributed by atoms with Crippen LogP contribution in [0.3, 0.4) is 0 Å². The molecule has 0 fully saturated rings. The highest BCUT2D eigenvalue weighted by Gasteiger charge is 2.67. The van der Waals surface area contributed by atoms with Crippen molar-refractivity contribution >= 4 is 33.4 Å². The molecule has 9 nitrogen and oxygen atoms in total. The molecule has 2 heterocycles. The number of pyridine rings is 1. The van der Waals surface area contributed by atoms with Crippen LogP contribution in [0.2, 0.25) is 0 Å². The van der Waals surface area contributed by atoms with Crippen LogP contribution in [0.4, 0.5) is 5.69 Å². The zero-order valence-corrected chi connectivity index (χ0v) is 18.3. The van der Waals surface area contributed by atoms with Crippen LogP contribution in [0.25, 0.3) is 0 Å². The van der Waals surface area contributed by atoms with E-state index in [1.54, 1.807) is 12.1 Å². The monoisotopic (exact) mass is 446 g/mol. The molecule has 31 heavy (non-hydrogen) atoms. The van der Waals surface area contributed by atoms with Gasteiger partial charge < -0.3 is 9.47 Å². The van der Waals surface area contributed by atoms with Gasteiger partial charge in [-0.3, -0.25) is 23.7 Å². The van der Waals surface area contributed by atoms with E-state index in [0.717, 1.165) is 24.1 Å². The molecule has 0 amide bonds. The Bertz CT molecular complexity index is 1130. The number of aromatic nitrogens is 1. The smallest absolute Gasteiger partial charge is 0.331 e. The van der Waals surface area contributed by atoms with Crippen LogP contribution < -0.4 is 4.31 Å². The molecule has 0 radical (unpaired) electrons. The average molecular weight is 446 g/mol. The number of sulfonamides is 1. The average Bonchev–Trinajstić information content (AvgIpc) is 3.03. The second kappa shape index (κ2) is 8.10. The molecule has 0 aliphatic carbocycles. The number of ether oxygens (including phenoxy) is 2. The van der Waals surface area contributed by atoms with E-state index in [0.29, 0.717) is 0 Å². The van der Waals surface area contributed by atoms with E-state index >= 15 is 0 Å². The summed E-state index contributed by atoms with van der Waals surface area (Å²) in [5.74, 6) is -2.56. The van der Waals surface area contributed by atoms with Crippen molar-refractivity contribution in [2.75, 3.05) is 18.5 Å².